The molecule has 0 aromatic carbocycles. The second kappa shape index (κ2) is 5.31. The van der Waals surface area contributed by atoms with E-state index in [-0.39, 0.29) is 17.4 Å². The van der Waals surface area contributed by atoms with E-state index in [9.17, 15) is 9.59 Å². The number of hydrogen-bond acceptors (Lipinski definition) is 3. The van der Waals surface area contributed by atoms with Crippen LogP contribution in [0.3, 0.4) is 0 Å². The lowest BCUT2D eigenvalue weighted by Gasteiger charge is -2.28. The number of carboxylic acid groups (broad SMARTS) is 1. The first-order valence-corrected chi connectivity index (χ1v) is 7.31. The predicted octanol–water partition coefficient (Wildman–Crippen LogP) is 2.77. The highest BCUT2D eigenvalue weighted by atomic mass is 16.4. The van der Waals surface area contributed by atoms with Gasteiger partial charge in [0.05, 0.1) is 0 Å². The quantitative estimate of drug-likeness (QED) is 0.922. The third kappa shape index (κ3) is 2.32. The molecule has 0 unspecified atom stereocenters. The first-order chi connectivity index (χ1) is 9.66. The fraction of sp³-hybridized carbons (Fsp3) is 0.600. The summed E-state index contributed by atoms with van der Waals surface area (Å²) in [7, 11) is 0. The van der Waals surface area contributed by atoms with Crippen molar-refractivity contribution >= 4 is 11.9 Å². The molecule has 1 saturated heterocycles. The number of carbonyl (C=O) groups excluding carboxylic acids is 1. The minimum atomic E-state index is -1.14. The van der Waals surface area contributed by atoms with Crippen molar-refractivity contribution in [2.45, 2.75) is 44.6 Å². The SMILES string of the molecule is O=C(O)c1ccc(C(=O)N2CCC[C@@H]2C2CCCC2)o1. The molecule has 2 heterocycles. The smallest absolute Gasteiger partial charge is 0.371 e. The Morgan fingerprint density at radius 1 is 1.10 bits per heavy atom. The maximum atomic E-state index is 12.5. The van der Waals surface area contributed by atoms with Gasteiger partial charge in [0.25, 0.3) is 5.91 Å². The van der Waals surface area contributed by atoms with Crippen LogP contribution in [0.1, 0.15) is 59.6 Å². The summed E-state index contributed by atoms with van der Waals surface area (Å²) < 4.78 is 5.14. The van der Waals surface area contributed by atoms with E-state index in [1.807, 2.05) is 4.90 Å². The molecule has 1 saturated carbocycles. The Morgan fingerprint density at radius 2 is 1.80 bits per heavy atom. The highest BCUT2D eigenvalue weighted by molar-refractivity contribution is 5.93. The van der Waals surface area contributed by atoms with Crippen molar-refractivity contribution in [3.8, 4) is 0 Å². The first kappa shape index (κ1) is 13.2. The summed E-state index contributed by atoms with van der Waals surface area (Å²) in [5.74, 6) is -0.725. The van der Waals surface area contributed by atoms with E-state index in [0.29, 0.717) is 12.0 Å². The third-order valence-electron chi connectivity index (χ3n) is 4.53. The summed E-state index contributed by atoms with van der Waals surface area (Å²) in [4.78, 5) is 25.2. The zero-order valence-corrected chi connectivity index (χ0v) is 11.4. The van der Waals surface area contributed by atoms with Crippen LogP contribution in [0, 0.1) is 5.92 Å². The molecule has 20 heavy (non-hydrogen) atoms. The van der Waals surface area contributed by atoms with Gasteiger partial charge in [-0.1, -0.05) is 12.8 Å². The Kier molecular flexibility index (Phi) is 3.51. The van der Waals surface area contributed by atoms with Crippen LogP contribution in [0.4, 0.5) is 0 Å². The molecule has 1 aromatic heterocycles. The van der Waals surface area contributed by atoms with Crippen LogP contribution in [-0.2, 0) is 0 Å². The molecule has 1 aromatic rings. The largest absolute Gasteiger partial charge is 0.475 e. The lowest BCUT2D eigenvalue weighted by Crippen LogP contribution is -2.39. The first-order valence-electron chi connectivity index (χ1n) is 7.31. The Bertz CT molecular complexity index is 516. The minimum absolute atomic E-state index is 0.146. The predicted molar refractivity (Wildman–Crippen MR) is 71.7 cm³/mol. The maximum absolute atomic E-state index is 12.5. The van der Waals surface area contributed by atoms with Crippen molar-refractivity contribution in [1.82, 2.24) is 4.90 Å². The lowest BCUT2D eigenvalue weighted by atomic mass is 9.96. The van der Waals surface area contributed by atoms with Gasteiger partial charge in [0.1, 0.15) is 0 Å². The Morgan fingerprint density at radius 3 is 2.45 bits per heavy atom. The molecule has 0 bridgehead atoms. The highest BCUT2D eigenvalue weighted by Gasteiger charge is 2.37. The molecule has 1 atom stereocenters. The number of rotatable bonds is 3. The van der Waals surface area contributed by atoms with Crippen molar-refractivity contribution in [2.24, 2.45) is 5.92 Å². The summed E-state index contributed by atoms with van der Waals surface area (Å²) in [6.07, 6.45) is 7.00. The summed E-state index contributed by atoms with van der Waals surface area (Å²) in [6.45, 7) is 0.753. The molecule has 1 aliphatic carbocycles. The van der Waals surface area contributed by atoms with E-state index in [0.717, 1.165) is 19.4 Å². The van der Waals surface area contributed by atoms with Crippen molar-refractivity contribution in [1.29, 1.82) is 0 Å². The number of carbonyl (C=O) groups is 2. The van der Waals surface area contributed by atoms with Crippen molar-refractivity contribution in [3.05, 3.63) is 23.7 Å². The second-order valence-corrected chi connectivity index (χ2v) is 5.72. The lowest BCUT2D eigenvalue weighted by molar-refractivity contribution is 0.0628. The number of likely N-dealkylation sites (tertiary alicyclic amines) is 1. The molecule has 1 aliphatic heterocycles. The van der Waals surface area contributed by atoms with Crippen LogP contribution in [0.25, 0.3) is 0 Å². The van der Waals surface area contributed by atoms with E-state index in [1.165, 1.54) is 37.8 Å². The van der Waals surface area contributed by atoms with E-state index in [4.69, 9.17) is 9.52 Å². The Hall–Kier alpha value is -1.78. The molecule has 1 amide bonds. The van der Waals surface area contributed by atoms with Gasteiger partial charge in [0.2, 0.25) is 5.76 Å². The number of hydrogen-bond donors (Lipinski definition) is 1. The van der Waals surface area contributed by atoms with Gasteiger partial charge in [0.15, 0.2) is 5.76 Å². The number of carboxylic acids is 1. The summed E-state index contributed by atoms with van der Waals surface area (Å²) in [5, 5.41) is 8.85. The van der Waals surface area contributed by atoms with Crippen LogP contribution in [0.5, 0.6) is 0 Å². The minimum Gasteiger partial charge on any atom is -0.475 e. The van der Waals surface area contributed by atoms with Crippen LogP contribution in [0.15, 0.2) is 16.5 Å². The Balaban J connectivity index is 1.76. The zero-order valence-electron chi connectivity index (χ0n) is 11.4. The van der Waals surface area contributed by atoms with Crippen molar-refractivity contribution in [3.63, 3.8) is 0 Å². The molecular weight excluding hydrogens is 258 g/mol. The van der Waals surface area contributed by atoms with Gasteiger partial charge >= 0.3 is 5.97 Å². The molecule has 108 valence electrons. The average Bonchev–Trinajstić information content (AvgIpc) is 3.17. The third-order valence-corrected chi connectivity index (χ3v) is 4.53. The monoisotopic (exact) mass is 277 g/mol. The van der Waals surface area contributed by atoms with Gasteiger partial charge in [-0.25, -0.2) is 4.79 Å². The summed E-state index contributed by atoms with van der Waals surface area (Å²) in [6, 6.07) is 3.12. The van der Waals surface area contributed by atoms with Crippen LogP contribution >= 0.6 is 0 Å². The molecular formula is C15H19NO4. The normalized spacial score (nSPS) is 23.4. The summed E-state index contributed by atoms with van der Waals surface area (Å²) >= 11 is 0. The molecule has 0 radical (unpaired) electrons. The van der Waals surface area contributed by atoms with Gasteiger partial charge in [0, 0.05) is 12.6 Å². The van der Waals surface area contributed by atoms with Crippen molar-refractivity contribution in [2.75, 3.05) is 6.54 Å². The van der Waals surface area contributed by atoms with E-state index in [1.54, 1.807) is 0 Å². The molecule has 0 spiro atoms. The fourth-order valence-electron chi connectivity index (χ4n) is 3.59. The molecule has 5 nitrogen and oxygen atoms in total. The van der Waals surface area contributed by atoms with Crippen molar-refractivity contribution < 1.29 is 19.1 Å². The standard InChI is InChI=1S/C15H19NO4/c17-14(12-7-8-13(20-12)15(18)19)16-9-3-6-11(16)10-4-1-2-5-10/h7-8,10-11H,1-6,9H2,(H,18,19)/t11-/m1/s1. The van der Waals surface area contributed by atoms with Gasteiger partial charge in [-0.15, -0.1) is 0 Å². The van der Waals surface area contributed by atoms with E-state index < -0.39 is 5.97 Å². The van der Waals surface area contributed by atoms with Crippen LogP contribution < -0.4 is 0 Å². The highest BCUT2D eigenvalue weighted by Crippen LogP contribution is 2.36. The van der Waals surface area contributed by atoms with E-state index >= 15 is 0 Å². The Labute approximate surface area is 117 Å². The topological polar surface area (TPSA) is 70.8 Å². The molecule has 2 fully saturated rings. The van der Waals surface area contributed by atoms with Crippen LogP contribution in [-0.4, -0.2) is 34.5 Å². The number of nitrogens with zero attached hydrogens (tertiary/aromatic N) is 1. The average molecular weight is 277 g/mol. The molecule has 1 N–H and O–H groups in total. The molecule has 2 aliphatic rings. The summed E-state index contributed by atoms with van der Waals surface area (Å²) in [5.41, 5.74) is 0. The van der Waals surface area contributed by atoms with E-state index in [2.05, 4.69) is 0 Å². The number of furan rings is 1. The van der Waals surface area contributed by atoms with Gasteiger partial charge < -0.3 is 14.4 Å². The van der Waals surface area contributed by atoms with Crippen LogP contribution in [0.2, 0.25) is 0 Å². The van der Waals surface area contributed by atoms with Gasteiger partial charge in [-0.2, -0.15) is 0 Å². The second-order valence-electron chi connectivity index (χ2n) is 5.72. The van der Waals surface area contributed by atoms with Gasteiger partial charge in [-0.05, 0) is 43.7 Å². The number of amides is 1. The fourth-order valence-corrected chi connectivity index (χ4v) is 3.59. The number of aromatic carboxylic acids is 1. The zero-order chi connectivity index (χ0) is 14.1. The molecule has 3 rings (SSSR count). The molecule has 5 heteroatoms. The van der Waals surface area contributed by atoms with Gasteiger partial charge in [-0.3, -0.25) is 4.79 Å². The maximum Gasteiger partial charge on any atom is 0.371 e.